The zero-order chi connectivity index (χ0) is 18.2. The largest absolute Gasteiger partial charge is 0.508 e. The smallest absolute Gasteiger partial charge is 0.115 e. The Morgan fingerprint density at radius 1 is 1.19 bits per heavy atom. The van der Waals surface area contributed by atoms with Gasteiger partial charge in [0.15, 0.2) is 0 Å². The van der Waals surface area contributed by atoms with E-state index >= 15 is 0 Å². The van der Waals surface area contributed by atoms with Crippen LogP contribution in [0.3, 0.4) is 0 Å². The van der Waals surface area contributed by atoms with E-state index in [4.69, 9.17) is 0 Å². The number of hydrogen-bond acceptors (Lipinski definition) is 3. The van der Waals surface area contributed by atoms with E-state index in [0.29, 0.717) is 11.8 Å². The second kappa shape index (κ2) is 5.48. The number of hydrogen-bond donors (Lipinski definition) is 2. The van der Waals surface area contributed by atoms with Crippen molar-refractivity contribution >= 4 is 0 Å². The van der Waals surface area contributed by atoms with Crippen LogP contribution >= 0.6 is 0 Å². The number of piperidine rings is 1. The summed E-state index contributed by atoms with van der Waals surface area (Å²) in [4.78, 5) is 2.81. The summed E-state index contributed by atoms with van der Waals surface area (Å²) in [6.07, 6.45) is 9.08. The van der Waals surface area contributed by atoms with E-state index in [1.165, 1.54) is 36.9 Å². The molecule has 0 amide bonds. The van der Waals surface area contributed by atoms with Crippen LogP contribution in [0.5, 0.6) is 5.75 Å². The zero-order valence-corrected chi connectivity index (χ0v) is 16.3. The maximum atomic E-state index is 11.1. The second-order valence-electron chi connectivity index (χ2n) is 10.0. The normalized spacial score (nSPS) is 42.2. The first-order valence-electron chi connectivity index (χ1n) is 10.7. The fraction of sp³-hybridized carbons (Fsp3) is 0.739. The molecule has 3 fully saturated rings. The van der Waals surface area contributed by atoms with Crippen LogP contribution in [0.4, 0.5) is 0 Å². The van der Waals surface area contributed by atoms with E-state index in [2.05, 4.69) is 17.9 Å². The Hall–Kier alpha value is -1.06. The summed E-state index contributed by atoms with van der Waals surface area (Å²) in [5.74, 6) is 1.30. The van der Waals surface area contributed by atoms with Crippen molar-refractivity contribution in [3.05, 3.63) is 29.3 Å². The fourth-order valence-corrected chi connectivity index (χ4v) is 7.13. The molecule has 2 N–H and O–H groups in total. The average Bonchev–Trinajstić information content (AvgIpc) is 3.41. The number of rotatable bonds is 3. The molecule has 0 aromatic heterocycles. The van der Waals surface area contributed by atoms with Gasteiger partial charge in [-0.1, -0.05) is 13.0 Å². The van der Waals surface area contributed by atoms with E-state index in [1.54, 1.807) is 0 Å². The third kappa shape index (κ3) is 2.26. The number of benzene rings is 1. The number of aliphatic hydroxyl groups is 1. The Bertz CT molecular complexity index is 725. The van der Waals surface area contributed by atoms with Crippen LogP contribution in [0, 0.1) is 11.3 Å². The van der Waals surface area contributed by atoms with Gasteiger partial charge in [-0.05, 0) is 99.4 Å². The number of fused-ring (bicyclic) bond motifs is 1. The predicted molar refractivity (Wildman–Crippen MR) is 103 cm³/mol. The topological polar surface area (TPSA) is 43.7 Å². The van der Waals surface area contributed by atoms with Crippen LogP contribution < -0.4 is 0 Å². The predicted octanol–water partition coefficient (Wildman–Crippen LogP) is 4.00. The van der Waals surface area contributed by atoms with Gasteiger partial charge in [0, 0.05) is 18.0 Å². The minimum Gasteiger partial charge on any atom is -0.508 e. The molecule has 1 aromatic carbocycles. The lowest BCUT2D eigenvalue weighted by molar-refractivity contribution is -0.150. The molecule has 5 rings (SSSR count). The molecule has 0 spiro atoms. The molecule has 1 saturated heterocycles. The third-order valence-electron chi connectivity index (χ3n) is 8.49. The van der Waals surface area contributed by atoms with Crippen molar-refractivity contribution in [2.24, 2.45) is 11.3 Å². The quantitative estimate of drug-likeness (QED) is 0.861. The van der Waals surface area contributed by atoms with Crippen LogP contribution in [0.25, 0.3) is 0 Å². The van der Waals surface area contributed by atoms with Gasteiger partial charge in [-0.3, -0.25) is 4.90 Å². The van der Waals surface area contributed by atoms with E-state index in [9.17, 15) is 10.2 Å². The van der Waals surface area contributed by atoms with Gasteiger partial charge in [0.2, 0.25) is 0 Å². The van der Waals surface area contributed by atoms with Crippen LogP contribution in [0.2, 0.25) is 0 Å². The summed E-state index contributed by atoms with van der Waals surface area (Å²) < 4.78 is 0. The summed E-state index contributed by atoms with van der Waals surface area (Å²) in [5.41, 5.74) is 2.42. The summed E-state index contributed by atoms with van der Waals surface area (Å²) in [6, 6.07) is 6.64. The minimum absolute atomic E-state index is 0.0144. The van der Waals surface area contributed by atoms with Crippen molar-refractivity contribution in [2.75, 3.05) is 13.1 Å². The number of nitrogens with zero attached hydrogens (tertiary/aromatic N) is 1. The highest BCUT2D eigenvalue weighted by molar-refractivity contribution is 5.47. The minimum atomic E-state index is -0.595. The Morgan fingerprint density at radius 3 is 2.73 bits per heavy atom. The molecule has 142 valence electrons. The average molecular weight is 356 g/mol. The Labute approximate surface area is 157 Å². The van der Waals surface area contributed by atoms with Crippen molar-refractivity contribution in [1.29, 1.82) is 0 Å². The molecule has 4 aliphatic rings. The molecule has 2 bridgehead atoms. The van der Waals surface area contributed by atoms with Crippen LogP contribution in [-0.2, 0) is 11.8 Å². The summed E-state index contributed by atoms with van der Waals surface area (Å²) in [6.45, 7) is 6.82. The Morgan fingerprint density at radius 2 is 2.00 bits per heavy atom. The van der Waals surface area contributed by atoms with E-state index < -0.39 is 5.60 Å². The summed E-state index contributed by atoms with van der Waals surface area (Å²) >= 11 is 0. The Balaban J connectivity index is 1.68. The SMILES string of the molecule is CC[C@@]12CC[C@](C)(O)C[C@@]13CCN(CC1CC1)[C@@H]2Cc1ccc(O)cc13. The number of likely N-dealkylation sites (tertiary alicyclic amines) is 1. The lowest BCUT2D eigenvalue weighted by Gasteiger charge is -2.68. The molecule has 2 saturated carbocycles. The lowest BCUT2D eigenvalue weighted by Crippen LogP contribution is -2.70. The van der Waals surface area contributed by atoms with E-state index in [-0.39, 0.29) is 10.8 Å². The molecule has 0 radical (unpaired) electrons. The third-order valence-corrected chi connectivity index (χ3v) is 8.49. The first kappa shape index (κ1) is 17.1. The van der Waals surface area contributed by atoms with Crippen LogP contribution in [-0.4, -0.2) is 39.8 Å². The number of aromatic hydroxyl groups is 1. The lowest BCUT2D eigenvalue weighted by atomic mass is 9.41. The molecule has 26 heavy (non-hydrogen) atoms. The van der Waals surface area contributed by atoms with Crippen LogP contribution in [0.1, 0.15) is 69.9 Å². The monoisotopic (exact) mass is 355 g/mol. The summed E-state index contributed by atoms with van der Waals surface area (Å²) in [5, 5.41) is 21.3. The van der Waals surface area contributed by atoms with Gasteiger partial charge >= 0.3 is 0 Å². The van der Waals surface area contributed by atoms with Gasteiger partial charge in [0.1, 0.15) is 5.75 Å². The summed E-state index contributed by atoms with van der Waals surface area (Å²) in [7, 11) is 0. The van der Waals surface area contributed by atoms with Crippen molar-refractivity contribution < 1.29 is 10.2 Å². The van der Waals surface area contributed by atoms with Gasteiger partial charge in [0.05, 0.1) is 5.60 Å². The molecular formula is C23H33NO2. The molecule has 3 nitrogen and oxygen atoms in total. The molecule has 1 aliphatic heterocycles. The van der Waals surface area contributed by atoms with Crippen molar-refractivity contribution in [2.45, 2.75) is 82.3 Å². The highest BCUT2D eigenvalue weighted by Gasteiger charge is 2.65. The highest BCUT2D eigenvalue weighted by atomic mass is 16.3. The van der Waals surface area contributed by atoms with Gasteiger partial charge in [-0.25, -0.2) is 0 Å². The van der Waals surface area contributed by atoms with Crippen molar-refractivity contribution in [3.8, 4) is 5.75 Å². The van der Waals surface area contributed by atoms with Gasteiger partial charge < -0.3 is 10.2 Å². The van der Waals surface area contributed by atoms with Crippen molar-refractivity contribution in [3.63, 3.8) is 0 Å². The maximum absolute atomic E-state index is 11.1. The zero-order valence-electron chi connectivity index (χ0n) is 16.3. The molecule has 1 aromatic rings. The number of phenols is 1. The van der Waals surface area contributed by atoms with E-state index in [1.807, 2.05) is 19.1 Å². The Kier molecular flexibility index (Phi) is 3.60. The second-order valence-corrected chi connectivity index (χ2v) is 10.0. The molecule has 1 heterocycles. The maximum Gasteiger partial charge on any atom is 0.115 e. The molecular weight excluding hydrogens is 322 g/mol. The number of phenolic OH excluding ortho intramolecular Hbond substituents is 1. The fourth-order valence-electron chi connectivity index (χ4n) is 7.13. The highest BCUT2D eigenvalue weighted by Crippen LogP contribution is 2.66. The van der Waals surface area contributed by atoms with Gasteiger partial charge in [-0.2, -0.15) is 0 Å². The van der Waals surface area contributed by atoms with Crippen molar-refractivity contribution in [1.82, 2.24) is 4.90 Å². The first-order chi connectivity index (χ1) is 12.4. The molecule has 4 atom stereocenters. The van der Waals surface area contributed by atoms with Gasteiger partial charge in [0.25, 0.3) is 0 Å². The van der Waals surface area contributed by atoms with Gasteiger partial charge in [-0.15, -0.1) is 0 Å². The standard InChI is InChI=1S/C23H33NO2/c1-3-22-9-8-21(2,26)15-23(22)10-11-24(14-16-4-5-16)20(22)12-17-6-7-18(25)13-19(17)23/h6-7,13,16,20,25-26H,3-5,8-12,14-15H2,1-2H3/t20-,21+,22+,23-/m1/s1. The molecule has 3 aliphatic carbocycles. The molecule has 0 unspecified atom stereocenters. The first-order valence-corrected chi connectivity index (χ1v) is 10.7. The molecule has 3 heteroatoms. The van der Waals surface area contributed by atoms with E-state index in [0.717, 1.165) is 44.6 Å². The van der Waals surface area contributed by atoms with Crippen LogP contribution in [0.15, 0.2) is 18.2 Å².